The summed E-state index contributed by atoms with van der Waals surface area (Å²) in [4.78, 5) is 2.12. The molecule has 0 unspecified atom stereocenters. The van der Waals surface area contributed by atoms with E-state index >= 15 is 0 Å². The zero-order valence-electron chi connectivity index (χ0n) is 13.3. The highest BCUT2D eigenvalue weighted by atomic mass is 15.1. The first kappa shape index (κ1) is 15.0. The lowest BCUT2D eigenvalue weighted by Gasteiger charge is -2.13. The number of hydrogen-bond acceptors (Lipinski definition) is 1. The predicted octanol–water partition coefficient (Wildman–Crippen LogP) is 3.82. The second-order valence-electron chi connectivity index (χ2n) is 5.58. The Morgan fingerprint density at radius 1 is 1.05 bits per heavy atom. The van der Waals surface area contributed by atoms with Gasteiger partial charge < -0.3 is 4.90 Å². The van der Waals surface area contributed by atoms with Crippen LogP contribution in [0.3, 0.4) is 0 Å². The molecule has 2 aromatic rings. The average molecular weight is 279 g/mol. The van der Waals surface area contributed by atoms with Gasteiger partial charge >= 0.3 is 0 Å². The van der Waals surface area contributed by atoms with Gasteiger partial charge in [-0.2, -0.15) is 0 Å². The lowest BCUT2D eigenvalue weighted by molar-refractivity contribution is -0.458. The maximum atomic E-state index is 3.92. The lowest BCUT2D eigenvalue weighted by Crippen LogP contribution is -2.07. The normalized spacial score (nSPS) is 11.3. The Kier molecular flexibility index (Phi) is 4.59. The molecular formula is C19H23N2+. The molecule has 0 aromatic heterocycles. The van der Waals surface area contributed by atoms with Crippen molar-refractivity contribution in [3.05, 3.63) is 60.7 Å². The van der Waals surface area contributed by atoms with Crippen LogP contribution >= 0.6 is 0 Å². The van der Waals surface area contributed by atoms with E-state index in [-0.39, 0.29) is 0 Å². The van der Waals surface area contributed by atoms with Crippen LogP contribution in [0.25, 0.3) is 16.3 Å². The van der Waals surface area contributed by atoms with Crippen molar-refractivity contribution in [2.45, 2.75) is 0 Å². The van der Waals surface area contributed by atoms with Crippen LogP contribution in [0.4, 0.5) is 5.69 Å². The van der Waals surface area contributed by atoms with Gasteiger partial charge in [0.1, 0.15) is 14.1 Å². The molecule has 2 nitrogen and oxygen atoms in total. The van der Waals surface area contributed by atoms with Gasteiger partial charge in [0.2, 0.25) is 0 Å². The fourth-order valence-electron chi connectivity index (χ4n) is 2.20. The van der Waals surface area contributed by atoms with Crippen molar-refractivity contribution >= 4 is 28.2 Å². The van der Waals surface area contributed by atoms with Crippen LogP contribution in [0.5, 0.6) is 0 Å². The van der Waals surface area contributed by atoms with E-state index in [2.05, 4.69) is 68.0 Å². The summed E-state index contributed by atoms with van der Waals surface area (Å²) in [7, 11) is 8.15. The molecule has 0 bridgehead atoms. The first-order chi connectivity index (χ1) is 10.0. The summed E-state index contributed by atoms with van der Waals surface area (Å²) in [5, 5.41) is 2.50. The summed E-state index contributed by atoms with van der Waals surface area (Å²) in [6.07, 6.45) is 6.02. The molecule has 0 amide bonds. The molecule has 2 aromatic carbocycles. The minimum absolute atomic E-state index is 1.13. The Labute approximate surface area is 127 Å². The zero-order chi connectivity index (χ0) is 15.4. The van der Waals surface area contributed by atoms with Gasteiger partial charge in [0, 0.05) is 25.9 Å². The molecule has 0 heterocycles. The summed E-state index contributed by atoms with van der Waals surface area (Å²) >= 11 is 0. The van der Waals surface area contributed by atoms with Gasteiger partial charge in [0.25, 0.3) is 0 Å². The van der Waals surface area contributed by atoms with Gasteiger partial charge in [0.15, 0.2) is 6.21 Å². The maximum absolute atomic E-state index is 3.92. The van der Waals surface area contributed by atoms with Gasteiger partial charge in [-0.1, -0.05) is 30.9 Å². The summed E-state index contributed by atoms with van der Waals surface area (Å²) < 4.78 is 2.02. The highest BCUT2D eigenvalue weighted by Gasteiger charge is 2.02. The van der Waals surface area contributed by atoms with E-state index in [1.165, 1.54) is 22.0 Å². The van der Waals surface area contributed by atoms with E-state index < -0.39 is 0 Å². The van der Waals surface area contributed by atoms with Crippen molar-refractivity contribution in [1.82, 2.24) is 0 Å². The van der Waals surface area contributed by atoms with Crippen molar-refractivity contribution in [3.8, 4) is 0 Å². The quantitative estimate of drug-likeness (QED) is 0.468. The third-order valence-corrected chi connectivity index (χ3v) is 3.45. The monoisotopic (exact) mass is 279 g/mol. The molecular weight excluding hydrogens is 256 g/mol. The van der Waals surface area contributed by atoms with Crippen LogP contribution in [0.1, 0.15) is 5.56 Å². The summed E-state index contributed by atoms with van der Waals surface area (Å²) in [6, 6.07) is 13.1. The number of allylic oxidation sites excluding steroid dienone is 3. The lowest BCUT2D eigenvalue weighted by atomic mass is 10.0. The van der Waals surface area contributed by atoms with Crippen LogP contribution in [0.15, 0.2) is 55.1 Å². The number of fused-ring (bicyclic) bond motifs is 1. The molecule has 2 heteroatoms. The van der Waals surface area contributed by atoms with Crippen molar-refractivity contribution in [2.24, 2.45) is 0 Å². The average Bonchev–Trinajstić information content (AvgIpc) is 2.46. The molecule has 0 spiro atoms. The van der Waals surface area contributed by atoms with Crippen LogP contribution < -0.4 is 4.90 Å². The Balaban J connectivity index is 2.47. The molecule has 21 heavy (non-hydrogen) atoms. The van der Waals surface area contributed by atoms with Gasteiger partial charge in [-0.15, -0.1) is 0 Å². The van der Waals surface area contributed by atoms with E-state index in [1.807, 2.05) is 31.0 Å². The highest BCUT2D eigenvalue weighted by Crippen LogP contribution is 2.25. The number of benzene rings is 2. The van der Waals surface area contributed by atoms with Crippen LogP contribution in [-0.4, -0.2) is 39.0 Å². The first-order valence-corrected chi connectivity index (χ1v) is 7.07. The van der Waals surface area contributed by atoms with Gasteiger partial charge in [-0.25, -0.2) is 4.58 Å². The van der Waals surface area contributed by atoms with E-state index in [0.717, 1.165) is 5.57 Å². The number of anilines is 1. The fraction of sp³-hybridized carbons (Fsp3) is 0.211. The third-order valence-electron chi connectivity index (χ3n) is 3.45. The Morgan fingerprint density at radius 3 is 2.33 bits per heavy atom. The topological polar surface area (TPSA) is 6.25 Å². The van der Waals surface area contributed by atoms with Crippen molar-refractivity contribution in [1.29, 1.82) is 0 Å². The molecule has 0 radical (unpaired) electrons. The molecule has 0 fully saturated rings. The van der Waals surface area contributed by atoms with Crippen molar-refractivity contribution in [2.75, 3.05) is 33.1 Å². The molecule has 0 aliphatic carbocycles. The second kappa shape index (κ2) is 6.40. The molecule has 108 valence electrons. The summed E-state index contributed by atoms with van der Waals surface area (Å²) in [6.45, 7) is 3.92. The Morgan fingerprint density at radius 2 is 1.71 bits per heavy atom. The minimum Gasteiger partial charge on any atom is -0.378 e. The molecule has 0 aliphatic rings. The standard InChI is InChI=1S/C19H23N2/c1-6-15(11-12-20(2)3)16-7-8-18-14-19(21(4)5)10-9-17(18)13-16/h6-14H,1H2,2-5H3/q+1. The maximum Gasteiger partial charge on any atom is 0.163 e. The molecule has 0 aliphatic heterocycles. The molecule has 0 N–H and O–H groups in total. The van der Waals surface area contributed by atoms with E-state index in [0.29, 0.717) is 0 Å². The van der Waals surface area contributed by atoms with Crippen molar-refractivity contribution < 1.29 is 4.58 Å². The number of nitrogens with zero attached hydrogens (tertiary/aromatic N) is 2. The van der Waals surface area contributed by atoms with Crippen LogP contribution in [0.2, 0.25) is 0 Å². The zero-order valence-corrected chi connectivity index (χ0v) is 13.3. The van der Waals surface area contributed by atoms with E-state index in [4.69, 9.17) is 0 Å². The van der Waals surface area contributed by atoms with Gasteiger partial charge in [0.05, 0.1) is 0 Å². The third kappa shape index (κ3) is 3.60. The first-order valence-electron chi connectivity index (χ1n) is 7.07. The largest absolute Gasteiger partial charge is 0.378 e. The number of rotatable bonds is 4. The second-order valence-corrected chi connectivity index (χ2v) is 5.58. The molecule has 2 rings (SSSR count). The SMILES string of the molecule is C=CC(=CC=[N+](C)C)c1ccc2cc(N(C)C)ccc2c1. The minimum atomic E-state index is 1.13. The Hall–Kier alpha value is -2.35. The summed E-state index contributed by atoms with van der Waals surface area (Å²) in [5.41, 5.74) is 3.53. The smallest absolute Gasteiger partial charge is 0.163 e. The predicted molar refractivity (Wildman–Crippen MR) is 94.6 cm³/mol. The molecule has 0 saturated heterocycles. The molecule has 0 saturated carbocycles. The van der Waals surface area contributed by atoms with Gasteiger partial charge in [-0.05, 0) is 40.1 Å². The van der Waals surface area contributed by atoms with Gasteiger partial charge in [-0.3, -0.25) is 0 Å². The summed E-state index contributed by atoms with van der Waals surface area (Å²) in [5.74, 6) is 0. The molecule has 0 atom stereocenters. The van der Waals surface area contributed by atoms with Crippen molar-refractivity contribution in [3.63, 3.8) is 0 Å². The fourth-order valence-corrected chi connectivity index (χ4v) is 2.20. The number of hydrogen-bond donors (Lipinski definition) is 0. The van der Waals surface area contributed by atoms with Crippen LogP contribution in [0, 0.1) is 0 Å². The highest BCUT2D eigenvalue weighted by molar-refractivity contribution is 5.92. The van der Waals surface area contributed by atoms with Crippen LogP contribution in [-0.2, 0) is 0 Å². The van der Waals surface area contributed by atoms with E-state index in [1.54, 1.807) is 0 Å². The Bertz CT molecular complexity index is 717. The van der Waals surface area contributed by atoms with E-state index in [9.17, 15) is 0 Å².